The number of aromatic amines is 1. The number of halogens is 1. The van der Waals surface area contributed by atoms with Crippen LogP contribution in [0.15, 0.2) is 72.8 Å². The van der Waals surface area contributed by atoms with E-state index in [1.54, 1.807) is 12.1 Å². The van der Waals surface area contributed by atoms with Crippen molar-refractivity contribution in [1.82, 2.24) is 9.97 Å². The summed E-state index contributed by atoms with van der Waals surface area (Å²) in [4.78, 5) is 18.3. The van der Waals surface area contributed by atoms with Crippen LogP contribution < -0.4 is 5.11 Å². The SMILES string of the molecule is O=[N+]([O-])c1ccc([O-])c(-c2nc(-c3cccc(Cl)c3)c(-c3ccccc3)[nH]2)c1. The second kappa shape index (κ2) is 7.17. The summed E-state index contributed by atoms with van der Waals surface area (Å²) in [5.74, 6) is -0.0841. The molecule has 0 amide bonds. The molecule has 0 atom stereocenters. The van der Waals surface area contributed by atoms with Crippen molar-refractivity contribution in [2.75, 3.05) is 0 Å². The Kier molecular flexibility index (Phi) is 4.55. The first-order chi connectivity index (χ1) is 13.5. The Balaban J connectivity index is 1.94. The number of nitro groups is 1. The number of H-pyrrole nitrogens is 1. The van der Waals surface area contributed by atoms with Crippen LogP contribution in [0.5, 0.6) is 5.75 Å². The molecule has 0 saturated heterocycles. The monoisotopic (exact) mass is 390 g/mol. The summed E-state index contributed by atoms with van der Waals surface area (Å²) < 4.78 is 0. The predicted molar refractivity (Wildman–Crippen MR) is 106 cm³/mol. The second-order valence-corrected chi connectivity index (χ2v) is 6.56. The van der Waals surface area contributed by atoms with E-state index in [0.29, 0.717) is 16.4 Å². The molecule has 28 heavy (non-hydrogen) atoms. The molecule has 7 heteroatoms. The van der Waals surface area contributed by atoms with Gasteiger partial charge in [0.1, 0.15) is 5.82 Å². The number of nitro benzene ring substituents is 1. The normalized spacial score (nSPS) is 10.8. The molecular weight excluding hydrogens is 378 g/mol. The number of nitrogens with one attached hydrogen (secondary N) is 1. The molecule has 0 saturated carbocycles. The van der Waals surface area contributed by atoms with Gasteiger partial charge in [-0.3, -0.25) is 10.1 Å². The number of rotatable bonds is 4. The first-order valence-corrected chi connectivity index (χ1v) is 8.78. The van der Waals surface area contributed by atoms with E-state index in [0.717, 1.165) is 11.1 Å². The van der Waals surface area contributed by atoms with E-state index in [9.17, 15) is 15.2 Å². The molecule has 3 aromatic carbocycles. The number of nitrogens with zero attached hydrogens (tertiary/aromatic N) is 2. The van der Waals surface area contributed by atoms with Crippen LogP contribution in [0, 0.1) is 10.1 Å². The van der Waals surface area contributed by atoms with Crippen molar-refractivity contribution in [3.05, 3.63) is 87.9 Å². The molecule has 0 radical (unpaired) electrons. The molecule has 1 heterocycles. The van der Waals surface area contributed by atoms with Crippen molar-refractivity contribution in [2.45, 2.75) is 0 Å². The quantitative estimate of drug-likeness (QED) is 0.389. The van der Waals surface area contributed by atoms with Crippen LogP contribution in [-0.4, -0.2) is 14.9 Å². The van der Waals surface area contributed by atoms with Gasteiger partial charge in [0.25, 0.3) is 5.69 Å². The molecule has 0 aliphatic rings. The third-order valence-electron chi connectivity index (χ3n) is 4.29. The highest BCUT2D eigenvalue weighted by Gasteiger charge is 2.17. The predicted octanol–water partition coefficient (Wildman–Crippen LogP) is 5.05. The lowest BCUT2D eigenvalue weighted by Gasteiger charge is -2.10. The van der Waals surface area contributed by atoms with Crippen molar-refractivity contribution in [2.24, 2.45) is 0 Å². The average Bonchev–Trinajstić information content (AvgIpc) is 3.14. The summed E-state index contributed by atoms with van der Waals surface area (Å²) >= 11 is 6.13. The van der Waals surface area contributed by atoms with Gasteiger partial charge in [-0.25, -0.2) is 4.98 Å². The highest BCUT2D eigenvalue weighted by molar-refractivity contribution is 6.30. The Morgan fingerprint density at radius 2 is 1.68 bits per heavy atom. The van der Waals surface area contributed by atoms with E-state index >= 15 is 0 Å². The highest BCUT2D eigenvalue weighted by atomic mass is 35.5. The van der Waals surface area contributed by atoms with Gasteiger partial charge < -0.3 is 10.1 Å². The maximum atomic E-state index is 12.3. The van der Waals surface area contributed by atoms with Gasteiger partial charge in [0.15, 0.2) is 0 Å². The molecule has 0 spiro atoms. The summed E-state index contributed by atoms with van der Waals surface area (Å²) in [5, 5.41) is 24.0. The molecule has 1 aromatic heterocycles. The molecule has 0 fully saturated rings. The number of hydrogen-bond acceptors (Lipinski definition) is 4. The molecule has 6 nitrogen and oxygen atoms in total. The zero-order chi connectivity index (χ0) is 19.7. The van der Waals surface area contributed by atoms with E-state index in [1.807, 2.05) is 42.5 Å². The molecule has 1 N–H and O–H groups in total. The molecule has 0 aliphatic heterocycles. The molecule has 0 aliphatic carbocycles. The first-order valence-electron chi connectivity index (χ1n) is 8.40. The van der Waals surface area contributed by atoms with Gasteiger partial charge in [-0.1, -0.05) is 65.9 Å². The average molecular weight is 391 g/mol. The Labute approximate surface area is 165 Å². The van der Waals surface area contributed by atoms with E-state index in [1.165, 1.54) is 18.2 Å². The fraction of sp³-hybridized carbons (Fsp3) is 0. The van der Waals surface area contributed by atoms with Gasteiger partial charge in [-0.15, -0.1) is 0 Å². The number of non-ortho nitro benzene ring substituents is 1. The second-order valence-electron chi connectivity index (χ2n) is 6.12. The van der Waals surface area contributed by atoms with E-state index in [2.05, 4.69) is 9.97 Å². The van der Waals surface area contributed by atoms with Crippen molar-refractivity contribution in [1.29, 1.82) is 0 Å². The largest absolute Gasteiger partial charge is 0.872 e. The molecular formula is C21H13ClN3O3-. The minimum atomic E-state index is -0.540. The summed E-state index contributed by atoms with van der Waals surface area (Å²) in [7, 11) is 0. The fourth-order valence-corrected chi connectivity index (χ4v) is 3.17. The number of aromatic nitrogens is 2. The molecule has 4 rings (SSSR count). The van der Waals surface area contributed by atoms with Crippen molar-refractivity contribution in [3.63, 3.8) is 0 Å². The first kappa shape index (κ1) is 17.8. The van der Waals surface area contributed by atoms with Crippen LogP contribution in [0.3, 0.4) is 0 Å². The van der Waals surface area contributed by atoms with Crippen LogP contribution in [-0.2, 0) is 0 Å². The number of benzene rings is 3. The fourth-order valence-electron chi connectivity index (χ4n) is 2.98. The Morgan fingerprint density at radius 3 is 2.39 bits per heavy atom. The third kappa shape index (κ3) is 3.33. The van der Waals surface area contributed by atoms with Crippen LogP contribution in [0.4, 0.5) is 5.69 Å². The van der Waals surface area contributed by atoms with E-state index in [-0.39, 0.29) is 22.8 Å². The third-order valence-corrected chi connectivity index (χ3v) is 4.53. The molecule has 138 valence electrons. The summed E-state index contributed by atoms with van der Waals surface area (Å²) in [5.41, 5.74) is 2.91. The highest BCUT2D eigenvalue weighted by Crippen LogP contribution is 2.36. The van der Waals surface area contributed by atoms with Crippen molar-refractivity contribution >= 4 is 17.3 Å². The van der Waals surface area contributed by atoms with Crippen LogP contribution in [0.25, 0.3) is 33.9 Å². The van der Waals surface area contributed by atoms with Crippen LogP contribution in [0.2, 0.25) is 5.02 Å². The Bertz CT molecular complexity index is 1170. The zero-order valence-electron chi connectivity index (χ0n) is 14.4. The standard InChI is InChI=1S/C21H14ClN3O3/c22-15-8-4-7-14(11-15)20-19(13-5-2-1-3-6-13)23-21(24-20)17-12-16(25(27)28)9-10-18(17)26/h1-12,26H,(H,23,24)/p-1. The van der Waals surface area contributed by atoms with Crippen molar-refractivity contribution < 1.29 is 10.0 Å². The topological polar surface area (TPSA) is 94.9 Å². The minimum Gasteiger partial charge on any atom is -0.872 e. The summed E-state index contributed by atoms with van der Waals surface area (Å²) in [6.45, 7) is 0. The summed E-state index contributed by atoms with van der Waals surface area (Å²) in [6.07, 6.45) is 0. The van der Waals surface area contributed by atoms with Gasteiger partial charge in [-0.05, 0) is 12.1 Å². The maximum absolute atomic E-state index is 12.3. The Hall–Kier alpha value is -3.64. The number of hydrogen-bond donors (Lipinski definition) is 1. The van der Waals surface area contributed by atoms with Crippen LogP contribution >= 0.6 is 11.6 Å². The van der Waals surface area contributed by atoms with Crippen LogP contribution in [0.1, 0.15) is 0 Å². The lowest BCUT2D eigenvalue weighted by atomic mass is 10.1. The Morgan fingerprint density at radius 1 is 0.929 bits per heavy atom. The van der Waals surface area contributed by atoms with Gasteiger partial charge >= 0.3 is 0 Å². The van der Waals surface area contributed by atoms with E-state index in [4.69, 9.17) is 11.6 Å². The van der Waals surface area contributed by atoms with Gasteiger partial charge in [-0.2, -0.15) is 0 Å². The molecule has 0 bridgehead atoms. The smallest absolute Gasteiger partial charge is 0.270 e. The lowest BCUT2D eigenvalue weighted by molar-refractivity contribution is -0.385. The van der Waals surface area contributed by atoms with Gasteiger partial charge in [0, 0.05) is 33.8 Å². The number of imidazole rings is 1. The maximum Gasteiger partial charge on any atom is 0.270 e. The molecule has 0 unspecified atom stereocenters. The lowest BCUT2D eigenvalue weighted by Crippen LogP contribution is -1.96. The molecule has 4 aromatic rings. The van der Waals surface area contributed by atoms with Gasteiger partial charge in [0.05, 0.1) is 16.3 Å². The van der Waals surface area contributed by atoms with Crippen molar-refractivity contribution in [3.8, 4) is 39.7 Å². The zero-order valence-corrected chi connectivity index (χ0v) is 15.2. The summed E-state index contributed by atoms with van der Waals surface area (Å²) in [6, 6.07) is 20.3. The van der Waals surface area contributed by atoms with E-state index < -0.39 is 4.92 Å². The minimum absolute atomic E-state index is 0.139. The van der Waals surface area contributed by atoms with Gasteiger partial charge in [0.2, 0.25) is 0 Å².